The molecular formula is C21H20ClNO6. The summed E-state index contributed by atoms with van der Waals surface area (Å²) in [7, 11) is 2.90. The zero-order valence-corrected chi connectivity index (χ0v) is 16.6. The molecule has 0 saturated carbocycles. The van der Waals surface area contributed by atoms with Gasteiger partial charge in [-0.3, -0.25) is 9.59 Å². The van der Waals surface area contributed by atoms with E-state index in [-0.39, 0.29) is 36.0 Å². The van der Waals surface area contributed by atoms with Gasteiger partial charge in [0.25, 0.3) is 11.7 Å². The maximum absolute atomic E-state index is 12.8. The Morgan fingerprint density at radius 1 is 1.17 bits per heavy atom. The van der Waals surface area contributed by atoms with Crippen LogP contribution in [0.1, 0.15) is 17.2 Å². The number of methoxy groups -OCH3 is 2. The summed E-state index contributed by atoms with van der Waals surface area (Å²) in [6.07, 6.45) is 0. The van der Waals surface area contributed by atoms with Crippen LogP contribution in [0.2, 0.25) is 5.02 Å². The summed E-state index contributed by atoms with van der Waals surface area (Å²) in [4.78, 5) is 26.8. The minimum absolute atomic E-state index is 0.0852. The van der Waals surface area contributed by atoms with Gasteiger partial charge in [0.15, 0.2) is 11.5 Å². The van der Waals surface area contributed by atoms with Gasteiger partial charge in [-0.2, -0.15) is 0 Å². The van der Waals surface area contributed by atoms with Gasteiger partial charge >= 0.3 is 0 Å². The maximum atomic E-state index is 12.8. The molecular weight excluding hydrogens is 398 g/mol. The summed E-state index contributed by atoms with van der Waals surface area (Å²) < 4.78 is 10.1. The molecule has 0 bridgehead atoms. The predicted octanol–water partition coefficient (Wildman–Crippen LogP) is 3.12. The maximum Gasteiger partial charge on any atom is 0.295 e. The van der Waals surface area contributed by atoms with E-state index < -0.39 is 17.7 Å². The van der Waals surface area contributed by atoms with Crippen molar-refractivity contribution in [1.29, 1.82) is 0 Å². The fraction of sp³-hybridized carbons (Fsp3) is 0.238. The first-order valence-corrected chi connectivity index (χ1v) is 9.17. The predicted molar refractivity (Wildman–Crippen MR) is 107 cm³/mol. The third kappa shape index (κ3) is 3.92. The first-order chi connectivity index (χ1) is 13.9. The summed E-state index contributed by atoms with van der Waals surface area (Å²) in [6, 6.07) is 10.0. The highest BCUT2D eigenvalue weighted by atomic mass is 35.5. The number of benzene rings is 2. The Morgan fingerprint density at radius 3 is 2.55 bits per heavy atom. The number of halogens is 1. The molecule has 0 spiro atoms. The van der Waals surface area contributed by atoms with E-state index in [2.05, 4.69) is 0 Å². The average molecular weight is 418 g/mol. The first-order valence-electron chi connectivity index (χ1n) is 8.79. The van der Waals surface area contributed by atoms with Gasteiger partial charge in [0.2, 0.25) is 0 Å². The highest BCUT2D eigenvalue weighted by Gasteiger charge is 2.46. The lowest BCUT2D eigenvalue weighted by atomic mass is 9.95. The molecule has 1 saturated heterocycles. The van der Waals surface area contributed by atoms with Crippen LogP contribution in [-0.4, -0.2) is 54.2 Å². The van der Waals surface area contributed by atoms with E-state index in [1.165, 1.54) is 37.3 Å². The number of aliphatic hydroxyl groups excluding tert-OH is 1. The summed E-state index contributed by atoms with van der Waals surface area (Å²) in [5, 5.41) is 21.4. The number of aromatic hydroxyl groups is 1. The fourth-order valence-corrected chi connectivity index (χ4v) is 3.51. The number of carbonyl (C=O) groups is 2. The van der Waals surface area contributed by atoms with Crippen LogP contribution in [0.5, 0.6) is 11.5 Å². The number of phenols is 1. The molecule has 1 fully saturated rings. The molecule has 0 aliphatic carbocycles. The van der Waals surface area contributed by atoms with E-state index >= 15 is 0 Å². The molecule has 1 amide bonds. The molecule has 0 radical (unpaired) electrons. The molecule has 0 aromatic heterocycles. The third-order valence-electron chi connectivity index (χ3n) is 4.69. The number of likely N-dealkylation sites (tertiary alicyclic amines) is 1. The Morgan fingerprint density at radius 2 is 1.93 bits per heavy atom. The Bertz CT molecular complexity index is 987. The third-order valence-corrected chi connectivity index (χ3v) is 4.93. The molecule has 1 aliphatic rings. The first kappa shape index (κ1) is 20.7. The van der Waals surface area contributed by atoms with Crippen LogP contribution in [0.4, 0.5) is 0 Å². The molecule has 3 rings (SSSR count). The minimum Gasteiger partial charge on any atom is -0.507 e. The number of amides is 1. The Balaban J connectivity index is 2.18. The van der Waals surface area contributed by atoms with Crippen LogP contribution in [0.3, 0.4) is 0 Å². The normalized spacial score (nSPS) is 18.3. The van der Waals surface area contributed by atoms with Crippen LogP contribution in [0.25, 0.3) is 5.76 Å². The molecule has 8 heteroatoms. The quantitative estimate of drug-likeness (QED) is 0.426. The van der Waals surface area contributed by atoms with E-state index in [4.69, 9.17) is 21.1 Å². The fourth-order valence-electron chi connectivity index (χ4n) is 3.32. The van der Waals surface area contributed by atoms with Crippen LogP contribution >= 0.6 is 11.6 Å². The lowest BCUT2D eigenvalue weighted by Crippen LogP contribution is -2.32. The van der Waals surface area contributed by atoms with Gasteiger partial charge in [-0.05, 0) is 29.8 Å². The van der Waals surface area contributed by atoms with E-state index in [0.29, 0.717) is 16.1 Å². The average Bonchev–Trinajstić information content (AvgIpc) is 2.96. The topological polar surface area (TPSA) is 96.3 Å². The summed E-state index contributed by atoms with van der Waals surface area (Å²) in [5.41, 5.74) is 0.671. The van der Waals surface area contributed by atoms with Crippen molar-refractivity contribution in [3.05, 3.63) is 64.2 Å². The van der Waals surface area contributed by atoms with Crippen molar-refractivity contribution in [2.24, 2.45) is 0 Å². The van der Waals surface area contributed by atoms with Crippen molar-refractivity contribution in [1.82, 2.24) is 4.90 Å². The monoisotopic (exact) mass is 417 g/mol. The van der Waals surface area contributed by atoms with Crippen molar-refractivity contribution in [2.75, 3.05) is 27.4 Å². The highest BCUT2D eigenvalue weighted by molar-refractivity contribution is 6.46. The van der Waals surface area contributed by atoms with Crippen LogP contribution in [-0.2, 0) is 14.3 Å². The summed E-state index contributed by atoms with van der Waals surface area (Å²) in [5.74, 6) is -1.82. The van der Waals surface area contributed by atoms with Gasteiger partial charge in [0.05, 0.1) is 25.3 Å². The molecule has 1 atom stereocenters. The molecule has 152 valence electrons. The minimum atomic E-state index is -0.902. The van der Waals surface area contributed by atoms with Gasteiger partial charge in [0, 0.05) is 24.2 Å². The number of rotatable bonds is 6. The Hall–Kier alpha value is -3.03. The zero-order valence-electron chi connectivity index (χ0n) is 15.9. The molecule has 1 aliphatic heterocycles. The van der Waals surface area contributed by atoms with Crippen molar-refractivity contribution >= 4 is 29.1 Å². The second-order valence-electron chi connectivity index (χ2n) is 6.43. The second kappa shape index (κ2) is 8.55. The van der Waals surface area contributed by atoms with Crippen molar-refractivity contribution in [3.63, 3.8) is 0 Å². The molecule has 2 aromatic carbocycles. The van der Waals surface area contributed by atoms with Crippen LogP contribution in [0, 0.1) is 0 Å². The van der Waals surface area contributed by atoms with E-state index in [1.807, 2.05) is 0 Å². The van der Waals surface area contributed by atoms with Crippen molar-refractivity contribution in [2.45, 2.75) is 6.04 Å². The molecule has 7 nitrogen and oxygen atoms in total. The number of ether oxygens (including phenoxy) is 2. The molecule has 2 N–H and O–H groups in total. The SMILES string of the molecule is COCCN1C(=O)C(=O)/C(=C(\O)c2cccc(Cl)c2)C1c1ccc(OC)c(O)c1. The van der Waals surface area contributed by atoms with Gasteiger partial charge < -0.3 is 24.6 Å². The van der Waals surface area contributed by atoms with E-state index in [9.17, 15) is 19.8 Å². The standard InChI is InChI=1S/C21H20ClNO6/c1-28-9-8-23-18(12-6-7-16(29-2)15(24)11-12)17(20(26)21(23)27)19(25)13-4-3-5-14(22)10-13/h3-7,10-11,18,24-25H,8-9H2,1-2H3/b19-17-. The van der Waals surface area contributed by atoms with Crippen molar-refractivity contribution in [3.8, 4) is 11.5 Å². The zero-order chi connectivity index (χ0) is 21.1. The Labute approximate surface area is 172 Å². The molecule has 29 heavy (non-hydrogen) atoms. The largest absolute Gasteiger partial charge is 0.507 e. The lowest BCUT2D eigenvalue weighted by Gasteiger charge is -2.25. The number of carbonyl (C=O) groups excluding carboxylic acids is 2. The highest BCUT2D eigenvalue weighted by Crippen LogP contribution is 2.41. The molecule has 1 unspecified atom stereocenters. The number of ketones is 1. The van der Waals surface area contributed by atoms with Gasteiger partial charge in [-0.15, -0.1) is 0 Å². The number of aliphatic hydroxyl groups is 1. The van der Waals surface area contributed by atoms with Crippen LogP contribution in [0.15, 0.2) is 48.0 Å². The van der Waals surface area contributed by atoms with Gasteiger partial charge in [-0.25, -0.2) is 0 Å². The number of hydrogen-bond donors (Lipinski definition) is 2. The second-order valence-corrected chi connectivity index (χ2v) is 6.86. The number of phenolic OH excluding ortho intramolecular Hbond substituents is 1. The number of hydrogen-bond acceptors (Lipinski definition) is 6. The number of Topliss-reactive ketones (excluding diaryl/α,β-unsaturated/α-hetero) is 1. The van der Waals surface area contributed by atoms with E-state index in [1.54, 1.807) is 24.3 Å². The summed E-state index contributed by atoms with van der Waals surface area (Å²) >= 11 is 6.01. The lowest BCUT2D eigenvalue weighted by molar-refractivity contribution is -0.140. The molecule has 2 aromatic rings. The summed E-state index contributed by atoms with van der Waals surface area (Å²) in [6.45, 7) is 0.327. The van der Waals surface area contributed by atoms with Gasteiger partial charge in [0.1, 0.15) is 5.76 Å². The van der Waals surface area contributed by atoms with Crippen molar-refractivity contribution < 1.29 is 29.3 Å². The number of nitrogens with zero attached hydrogens (tertiary/aromatic N) is 1. The van der Waals surface area contributed by atoms with Crippen LogP contribution < -0.4 is 4.74 Å². The molecule has 1 heterocycles. The smallest absolute Gasteiger partial charge is 0.295 e. The van der Waals surface area contributed by atoms with Gasteiger partial charge in [-0.1, -0.05) is 29.8 Å². The Kier molecular flexibility index (Phi) is 6.10. The van der Waals surface area contributed by atoms with E-state index in [0.717, 1.165) is 0 Å².